The predicted molar refractivity (Wildman–Crippen MR) is 65.0 cm³/mol. The second kappa shape index (κ2) is 5.97. The summed E-state index contributed by atoms with van der Waals surface area (Å²) >= 11 is 0. The van der Waals surface area contributed by atoms with E-state index in [4.69, 9.17) is 9.47 Å². The lowest BCUT2D eigenvalue weighted by molar-refractivity contribution is -0.0847. The number of sulfonamides is 1. The Morgan fingerprint density at radius 1 is 1.53 bits per heavy atom. The summed E-state index contributed by atoms with van der Waals surface area (Å²) in [7, 11) is -3.77. The zero-order valence-electron chi connectivity index (χ0n) is 10.5. The number of aromatic amines is 1. The molecule has 19 heavy (non-hydrogen) atoms. The van der Waals surface area contributed by atoms with Crippen molar-refractivity contribution < 1.29 is 23.0 Å². The highest BCUT2D eigenvalue weighted by molar-refractivity contribution is 7.89. The maximum Gasteiger partial charge on any atom is 0.260 e. The number of aryl methyl sites for hydroxylation is 1. The quantitative estimate of drug-likeness (QED) is 0.635. The van der Waals surface area contributed by atoms with Crippen molar-refractivity contribution >= 4 is 10.0 Å². The molecule has 1 fully saturated rings. The first-order valence-electron chi connectivity index (χ1n) is 5.88. The summed E-state index contributed by atoms with van der Waals surface area (Å²) in [5.41, 5.74) is 0.799. The Morgan fingerprint density at radius 3 is 2.95 bits per heavy atom. The van der Waals surface area contributed by atoms with Gasteiger partial charge in [0.25, 0.3) is 10.0 Å². The third kappa shape index (κ3) is 3.31. The maximum absolute atomic E-state index is 12.1. The predicted octanol–water partition coefficient (Wildman–Crippen LogP) is -1.10. The van der Waals surface area contributed by atoms with Crippen molar-refractivity contribution in [2.45, 2.75) is 24.7 Å². The Morgan fingerprint density at radius 2 is 2.32 bits per heavy atom. The molecule has 1 unspecified atom stereocenters. The smallest absolute Gasteiger partial charge is 0.260 e. The van der Waals surface area contributed by atoms with Gasteiger partial charge in [-0.25, -0.2) is 13.1 Å². The van der Waals surface area contributed by atoms with Crippen LogP contribution in [-0.4, -0.2) is 56.2 Å². The third-order valence-corrected chi connectivity index (χ3v) is 4.23. The highest BCUT2D eigenvalue weighted by atomic mass is 32.2. The number of rotatable bonds is 5. The zero-order chi connectivity index (χ0) is 13.9. The molecule has 108 valence electrons. The minimum atomic E-state index is -3.77. The van der Waals surface area contributed by atoms with E-state index in [1.54, 1.807) is 6.92 Å². The van der Waals surface area contributed by atoms with Crippen molar-refractivity contribution in [3.63, 3.8) is 0 Å². The monoisotopic (exact) mass is 291 g/mol. The molecule has 0 saturated carbocycles. The van der Waals surface area contributed by atoms with Crippen LogP contribution in [0.4, 0.5) is 0 Å². The van der Waals surface area contributed by atoms with Gasteiger partial charge >= 0.3 is 0 Å². The van der Waals surface area contributed by atoms with Crippen molar-refractivity contribution in [1.82, 2.24) is 14.9 Å². The molecule has 0 radical (unpaired) electrons. The molecule has 9 heteroatoms. The third-order valence-electron chi connectivity index (χ3n) is 2.83. The van der Waals surface area contributed by atoms with Crippen molar-refractivity contribution in [2.75, 3.05) is 26.4 Å². The van der Waals surface area contributed by atoms with Crippen LogP contribution in [-0.2, 0) is 26.1 Å². The molecule has 3 N–H and O–H groups in total. The summed E-state index contributed by atoms with van der Waals surface area (Å²) in [6.07, 6.45) is -0.304. The van der Waals surface area contributed by atoms with Gasteiger partial charge < -0.3 is 14.6 Å². The summed E-state index contributed by atoms with van der Waals surface area (Å²) in [5, 5.41) is 15.3. The SMILES string of the molecule is Cc1[nH]nc(S(=O)(=O)NCC2COCCO2)c1CO. The summed E-state index contributed by atoms with van der Waals surface area (Å²) in [6, 6.07) is 0. The van der Waals surface area contributed by atoms with Crippen molar-refractivity contribution in [2.24, 2.45) is 0 Å². The van der Waals surface area contributed by atoms with E-state index in [-0.39, 0.29) is 29.8 Å². The molecule has 8 nitrogen and oxygen atoms in total. The summed E-state index contributed by atoms with van der Waals surface area (Å²) < 4.78 is 37.1. The highest BCUT2D eigenvalue weighted by Gasteiger charge is 2.25. The fourth-order valence-corrected chi connectivity index (χ4v) is 3.01. The fourth-order valence-electron chi connectivity index (χ4n) is 1.76. The number of aliphatic hydroxyl groups excluding tert-OH is 1. The summed E-state index contributed by atoms with van der Waals surface area (Å²) in [5.74, 6) is 0. The molecule has 0 amide bonds. The first-order chi connectivity index (χ1) is 9.04. The van der Waals surface area contributed by atoms with E-state index in [9.17, 15) is 13.5 Å². The molecule has 0 aromatic carbocycles. The van der Waals surface area contributed by atoms with Crippen LogP contribution >= 0.6 is 0 Å². The number of nitrogens with one attached hydrogen (secondary N) is 2. The van der Waals surface area contributed by atoms with Crippen LogP contribution in [0, 0.1) is 6.92 Å². The van der Waals surface area contributed by atoms with Crippen LogP contribution in [0.25, 0.3) is 0 Å². The Labute approximate surface area is 111 Å². The topological polar surface area (TPSA) is 114 Å². The van der Waals surface area contributed by atoms with Gasteiger partial charge in [-0.05, 0) is 6.92 Å². The highest BCUT2D eigenvalue weighted by Crippen LogP contribution is 2.15. The molecule has 0 aliphatic carbocycles. The van der Waals surface area contributed by atoms with E-state index in [2.05, 4.69) is 14.9 Å². The molecule has 1 atom stereocenters. The van der Waals surface area contributed by atoms with Crippen LogP contribution < -0.4 is 4.72 Å². The molecule has 1 saturated heterocycles. The second-order valence-electron chi connectivity index (χ2n) is 4.21. The van der Waals surface area contributed by atoms with E-state index in [0.29, 0.717) is 25.5 Å². The van der Waals surface area contributed by atoms with Gasteiger partial charge in [-0.2, -0.15) is 5.10 Å². The van der Waals surface area contributed by atoms with E-state index < -0.39 is 10.0 Å². The van der Waals surface area contributed by atoms with Gasteiger partial charge in [-0.15, -0.1) is 0 Å². The van der Waals surface area contributed by atoms with Crippen LogP contribution in [0.3, 0.4) is 0 Å². The minimum absolute atomic E-state index is 0.110. The maximum atomic E-state index is 12.1. The lowest BCUT2D eigenvalue weighted by Crippen LogP contribution is -2.40. The first kappa shape index (κ1) is 14.4. The second-order valence-corrected chi connectivity index (χ2v) is 5.89. The number of nitrogens with zero attached hydrogens (tertiary/aromatic N) is 1. The zero-order valence-corrected chi connectivity index (χ0v) is 11.4. The van der Waals surface area contributed by atoms with Gasteiger partial charge in [0.15, 0.2) is 5.03 Å². The number of ether oxygens (including phenoxy) is 2. The van der Waals surface area contributed by atoms with Gasteiger partial charge in [0, 0.05) is 17.8 Å². The molecule has 0 spiro atoms. The first-order valence-corrected chi connectivity index (χ1v) is 7.36. The average Bonchev–Trinajstić information content (AvgIpc) is 2.79. The van der Waals surface area contributed by atoms with Crippen LogP contribution in [0.2, 0.25) is 0 Å². The Bertz CT molecular complexity index is 521. The van der Waals surface area contributed by atoms with Crippen molar-refractivity contribution in [3.8, 4) is 0 Å². The molecule has 1 aliphatic heterocycles. The number of aliphatic hydroxyl groups is 1. The normalized spacial score (nSPS) is 20.6. The molecule has 1 aliphatic rings. The van der Waals surface area contributed by atoms with Crippen molar-refractivity contribution in [1.29, 1.82) is 0 Å². The van der Waals surface area contributed by atoms with Gasteiger partial charge in [0.2, 0.25) is 0 Å². The Kier molecular flexibility index (Phi) is 4.53. The Balaban J connectivity index is 2.05. The van der Waals surface area contributed by atoms with Crippen LogP contribution in [0.5, 0.6) is 0 Å². The largest absolute Gasteiger partial charge is 0.392 e. The molecule has 2 heterocycles. The number of hydrogen-bond donors (Lipinski definition) is 3. The number of aromatic nitrogens is 2. The van der Waals surface area contributed by atoms with Gasteiger partial charge in [0.1, 0.15) is 0 Å². The molecule has 2 rings (SSSR count). The number of hydrogen-bond acceptors (Lipinski definition) is 6. The van der Waals surface area contributed by atoms with Crippen LogP contribution in [0.1, 0.15) is 11.3 Å². The van der Waals surface area contributed by atoms with Crippen LogP contribution in [0.15, 0.2) is 5.03 Å². The fraction of sp³-hybridized carbons (Fsp3) is 0.700. The van der Waals surface area contributed by atoms with E-state index in [1.165, 1.54) is 0 Å². The summed E-state index contributed by atoms with van der Waals surface area (Å²) in [6.45, 7) is 2.71. The average molecular weight is 291 g/mol. The lowest BCUT2D eigenvalue weighted by Gasteiger charge is -2.22. The number of H-pyrrole nitrogens is 1. The molecule has 1 aromatic rings. The van der Waals surface area contributed by atoms with Gasteiger partial charge in [0.05, 0.1) is 32.5 Å². The van der Waals surface area contributed by atoms with Gasteiger partial charge in [-0.1, -0.05) is 0 Å². The molecule has 1 aromatic heterocycles. The van der Waals surface area contributed by atoms with E-state index >= 15 is 0 Å². The summed E-state index contributed by atoms with van der Waals surface area (Å²) in [4.78, 5) is 0. The van der Waals surface area contributed by atoms with E-state index in [0.717, 1.165) is 0 Å². The molecular weight excluding hydrogens is 274 g/mol. The van der Waals surface area contributed by atoms with Gasteiger partial charge in [-0.3, -0.25) is 5.10 Å². The molecular formula is C10H17N3O5S. The minimum Gasteiger partial charge on any atom is -0.392 e. The lowest BCUT2D eigenvalue weighted by atomic mass is 10.3. The standard InChI is InChI=1S/C10H17N3O5S/c1-7-9(5-14)10(13-12-7)19(15,16)11-4-8-6-17-2-3-18-8/h8,11,14H,2-6H2,1H3,(H,12,13). The Hall–Kier alpha value is -1.00. The van der Waals surface area contributed by atoms with Crippen molar-refractivity contribution in [3.05, 3.63) is 11.3 Å². The van der Waals surface area contributed by atoms with E-state index in [1.807, 2.05) is 0 Å². The molecule has 0 bridgehead atoms.